The van der Waals surface area contributed by atoms with E-state index in [2.05, 4.69) is 10.4 Å². The summed E-state index contributed by atoms with van der Waals surface area (Å²) in [6.45, 7) is 1.85. The van der Waals surface area contributed by atoms with Crippen molar-refractivity contribution < 1.29 is 9.59 Å². The molecule has 26 heavy (non-hydrogen) atoms. The summed E-state index contributed by atoms with van der Waals surface area (Å²) in [5.41, 5.74) is 0.517. The zero-order chi connectivity index (χ0) is 18.6. The molecule has 3 rings (SSSR count). The zero-order valence-electron chi connectivity index (χ0n) is 14.2. The first-order valence-corrected chi connectivity index (χ1v) is 8.63. The van der Waals surface area contributed by atoms with Crippen LogP contribution in [0.3, 0.4) is 0 Å². The molecule has 0 spiro atoms. The Labute approximate surface area is 157 Å². The van der Waals surface area contributed by atoms with Gasteiger partial charge in [-0.3, -0.25) is 4.79 Å². The van der Waals surface area contributed by atoms with E-state index in [0.29, 0.717) is 11.5 Å². The van der Waals surface area contributed by atoms with Gasteiger partial charge < -0.3 is 5.32 Å². The first-order chi connectivity index (χ1) is 12.6. The quantitative estimate of drug-likeness (QED) is 0.638. The Morgan fingerprint density at radius 3 is 2.35 bits per heavy atom. The molecular formula is C20H18ClN3O2. The van der Waals surface area contributed by atoms with Crippen molar-refractivity contribution in [3.05, 3.63) is 76.8 Å². The minimum Gasteiger partial charge on any atom is -0.318 e. The molecule has 0 radical (unpaired) electrons. The lowest BCUT2D eigenvalue weighted by Gasteiger charge is -2.24. The molecular weight excluding hydrogens is 350 g/mol. The molecule has 6 heteroatoms. The lowest BCUT2D eigenvalue weighted by molar-refractivity contribution is -0.131. The Balaban J connectivity index is 1.84. The fourth-order valence-electron chi connectivity index (χ4n) is 2.89. The van der Waals surface area contributed by atoms with E-state index < -0.39 is 17.5 Å². The average molecular weight is 368 g/mol. The fourth-order valence-corrected chi connectivity index (χ4v) is 3.06. The molecule has 1 saturated heterocycles. The topological polar surface area (TPSA) is 61.8 Å². The number of halogens is 1. The summed E-state index contributed by atoms with van der Waals surface area (Å²) in [5.74, 6) is -0.420. The van der Waals surface area contributed by atoms with Crippen LogP contribution in [0.15, 0.2) is 70.8 Å². The van der Waals surface area contributed by atoms with Crippen molar-refractivity contribution >= 4 is 35.8 Å². The summed E-state index contributed by atoms with van der Waals surface area (Å²) >= 11 is 6.15. The Morgan fingerprint density at radius 1 is 1.12 bits per heavy atom. The number of hydrogen-bond acceptors (Lipinski definition) is 3. The van der Waals surface area contributed by atoms with Gasteiger partial charge in [0.2, 0.25) is 0 Å². The van der Waals surface area contributed by atoms with Crippen molar-refractivity contribution in [1.82, 2.24) is 10.3 Å². The number of carbonyl (C=O) groups is 2. The van der Waals surface area contributed by atoms with Crippen LogP contribution in [0.25, 0.3) is 6.08 Å². The Bertz CT molecular complexity index is 865. The van der Waals surface area contributed by atoms with Crippen molar-refractivity contribution in [2.45, 2.75) is 18.9 Å². The van der Waals surface area contributed by atoms with Crippen LogP contribution in [-0.4, -0.2) is 23.2 Å². The van der Waals surface area contributed by atoms with Crippen LogP contribution in [-0.2, 0) is 10.3 Å². The molecule has 5 nitrogen and oxygen atoms in total. The van der Waals surface area contributed by atoms with Gasteiger partial charge in [-0.1, -0.05) is 79.2 Å². The SMILES string of the molecule is CC[C@@]1(c2ccccc2)NC(=O)N(/N=C\C(Cl)=C\c2ccccc2)C1=O. The highest BCUT2D eigenvalue weighted by Crippen LogP contribution is 2.32. The smallest absolute Gasteiger partial charge is 0.318 e. The van der Waals surface area contributed by atoms with E-state index in [4.69, 9.17) is 11.6 Å². The molecule has 0 aromatic heterocycles. The number of nitrogens with zero attached hydrogens (tertiary/aromatic N) is 2. The van der Waals surface area contributed by atoms with Crippen LogP contribution in [0, 0.1) is 0 Å². The van der Waals surface area contributed by atoms with Gasteiger partial charge in [0.25, 0.3) is 5.91 Å². The minimum absolute atomic E-state index is 0.311. The molecule has 1 aliphatic rings. The predicted octanol–water partition coefficient (Wildman–Crippen LogP) is 4.11. The fraction of sp³-hybridized carbons (Fsp3) is 0.150. The molecule has 2 aromatic rings. The monoisotopic (exact) mass is 367 g/mol. The molecule has 3 amide bonds. The lowest BCUT2D eigenvalue weighted by atomic mass is 9.87. The summed E-state index contributed by atoms with van der Waals surface area (Å²) < 4.78 is 0. The molecule has 0 unspecified atom stereocenters. The van der Waals surface area contributed by atoms with Gasteiger partial charge in [0.05, 0.1) is 11.2 Å². The van der Waals surface area contributed by atoms with Gasteiger partial charge in [0.15, 0.2) is 0 Å². The summed E-state index contributed by atoms with van der Waals surface area (Å²) in [7, 11) is 0. The second-order valence-electron chi connectivity index (χ2n) is 5.86. The molecule has 1 atom stereocenters. The number of benzene rings is 2. The number of hydrazone groups is 1. The third-order valence-electron chi connectivity index (χ3n) is 4.27. The minimum atomic E-state index is -1.11. The highest BCUT2D eigenvalue weighted by Gasteiger charge is 2.51. The number of imide groups is 1. The van der Waals surface area contributed by atoms with Gasteiger partial charge in [-0.2, -0.15) is 5.10 Å². The van der Waals surface area contributed by atoms with E-state index in [-0.39, 0.29) is 0 Å². The number of amides is 3. The van der Waals surface area contributed by atoms with Crippen LogP contribution in [0.5, 0.6) is 0 Å². The van der Waals surface area contributed by atoms with Crippen LogP contribution in [0.4, 0.5) is 4.79 Å². The van der Waals surface area contributed by atoms with E-state index in [1.54, 1.807) is 6.08 Å². The van der Waals surface area contributed by atoms with E-state index in [0.717, 1.165) is 16.1 Å². The highest BCUT2D eigenvalue weighted by molar-refractivity contribution is 6.41. The summed E-state index contributed by atoms with van der Waals surface area (Å²) in [4.78, 5) is 25.2. The maximum atomic E-state index is 12.9. The number of carbonyl (C=O) groups excluding carboxylic acids is 2. The Kier molecular flexibility index (Phi) is 5.19. The Hall–Kier alpha value is -2.92. The van der Waals surface area contributed by atoms with E-state index in [1.165, 1.54) is 6.21 Å². The van der Waals surface area contributed by atoms with Gasteiger partial charge in [0, 0.05) is 0 Å². The second kappa shape index (κ2) is 7.54. The van der Waals surface area contributed by atoms with E-state index in [1.807, 2.05) is 67.6 Å². The molecule has 132 valence electrons. The molecule has 0 saturated carbocycles. The third kappa shape index (κ3) is 3.39. The molecule has 0 bridgehead atoms. The van der Waals surface area contributed by atoms with Crippen LogP contribution >= 0.6 is 11.6 Å². The standard InChI is InChI=1S/C20H18ClN3O2/c1-2-20(16-11-7-4-8-12-16)18(25)24(19(26)23-20)22-14-17(21)13-15-9-5-3-6-10-15/h3-14H,2H2,1H3,(H,23,26)/b17-13-,22-14-/t20-/m0/s1. The van der Waals surface area contributed by atoms with Crippen molar-refractivity contribution in [3.63, 3.8) is 0 Å². The van der Waals surface area contributed by atoms with Crippen LogP contribution < -0.4 is 5.32 Å². The molecule has 1 heterocycles. The molecule has 0 aliphatic carbocycles. The van der Waals surface area contributed by atoms with E-state index >= 15 is 0 Å². The number of nitrogens with one attached hydrogen (secondary N) is 1. The maximum Gasteiger partial charge on any atom is 0.346 e. The Morgan fingerprint density at radius 2 is 1.73 bits per heavy atom. The third-order valence-corrected chi connectivity index (χ3v) is 4.47. The largest absolute Gasteiger partial charge is 0.346 e. The normalized spacial score (nSPS) is 20.7. The van der Waals surface area contributed by atoms with Crippen LogP contribution in [0.2, 0.25) is 0 Å². The second-order valence-corrected chi connectivity index (χ2v) is 6.29. The molecule has 1 fully saturated rings. The lowest BCUT2D eigenvalue weighted by Crippen LogP contribution is -2.43. The van der Waals surface area contributed by atoms with Crippen molar-refractivity contribution in [3.8, 4) is 0 Å². The predicted molar refractivity (Wildman–Crippen MR) is 103 cm³/mol. The first kappa shape index (κ1) is 17.9. The first-order valence-electron chi connectivity index (χ1n) is 8.25. The average Bonchev–Trinajstić information content (AvgIpc) is 2.92. The molecule has 1 aliphatic heterocycles. The molecule has 1 N–H and O–H groups in total. The number of allylic oxidation sites excluding steroid dienone is 1. The maximum absolute atomic E-state index is 12.9. The highest BCUT2D eigenvalue weighted by atomic mass is 35.5. The van der Waals surface area contributed by atoms with Gasteiger partial charge >= 0.3 is 6.03 Å². The van der Waals surface area contributed by atoms with Gasteiger partial charge in [-0.15, -0.1) is 5.01 Å². The van der Waals surface area contributed by atoms with Crippen molar-refractivity contribution in [2.75, 3.05) is 0 Å². The summed E-state index contributed by atoms with van der Waals surface area (Å²) in [5, 5.41) is 7.91. The summed E-state index contributed by atoms with van der Waals surface area (Å²) in [6.07, 6.45) is 3.41. The van der Waals surface area contributed by atoms with Crippen molar-refractivity contribution in [1.29, 1.82) is 0 Å². The number of urea groups is 1. The number of rotatable bonds is 5. The van der Waals surface area contributed by atoms with Crippen molar-refractivity contribution in [2.24, 2.45) is 5.10 Å². The van der Waals surface area contributed by atoms with Gasteiger partial charge in [-0.25, -0.2) is 4.79 Å². The summed E-state index contributed by atoms with van der Waals surface area (Å²) in [6, 6.07) is 18.0. The van der Waals surface area contributed by atoms with Gasteiger partial charge in [-0.05, 0) is 23.6 Å². The van der Waals surface area contributed by atoms with E-state index in [9.17, 15) is 9.59 Å². The van der Waals surface area contributed by atoms with Crippen LogP contribution in [0.1, 0.15) is 24.5 Å². The zero-order valence-corrected chi connectivity index (χ0v) is 15.0. The van der Waals surface area contributed by atoms with Gasteiger partial charge in [0.1, 0.15) is 5.54 Å². The number of hydrogen-bond donors (Lipinski definition) is 1. The molecule has 2 aromatic carbocycles.